The Morgan fingerprint density at radius 2 is 2.15 bits per heavy atom. The Labute approximate surface area is 120 Å². The molecule has 0 spiro atoms. The van der Waals surface area contributed by atoms with Crippen molar-refractivity contribution in [2.24, 2.45) is 5.92 Å². The first-order valence-electron chi connectivity index (χ1n) is 7.39. The number of carbonyl (C=O) groups is 1. The summed E-state index contributed by atoms with van der Waals surface area (Å²) >= 11 is 0. The van der Waals surface area contributed by atoms with Crippen LogP contribution in [0, 0.1) is 5.92 Å². The molecular formula is C16H23N3O. The molecule has 2 unspecified atom stereocenters. The number of likely N-dealkylation sites (tertiary alicyclic amines) is 1. The molecular weight excluding hydrogens is 250 g/mol. The lowest BCUT2D eigenvalue weighted by molar-refractivity contribution is 0.0781. The summed E-state index contributed by atoms with van der Waals surface area (Å²) in [6.07, 6.45) is 1.06. The van der Waals surface area contributed by atoms with E-state index in [4.69, 9.17) is 0 Å². The molecule has 4 heteroatoms. The highest BCUT2D eigenvalue weighted by molar-refractivity contribution is 5.95. The summed E-state index contributed by atoms with van der Waals surface area (Å²) in [7, 11) is 4.18. The molecule has 0 radical (unpaired) electrons. The quantitative estimate of drug-likeness (QED) is 0.890. The van der Waals surface area contributed by atoms with Crippen LogP contribution in [0.2, 0.25) is 0 Å². The summed E-state index contributed by atoms with van der Waals surface area (Å²) in [5, 5.41) is 3.34. The van der Waals surface area contributed by atoms with Crippen LogP contribution in [0.3, 0.4) is 0 Å². The van der Waals surface area contributed by atoms with Crippen LogP contribution in [0.25, 0.3) is 0 Å². The van der Waals surface area contributed by atoms with E-state index in [9.17, 15) is 4.79 Å². The van der Waals surface area contributed by atoms with E-state index in [0.29, 0.717) is 12.0 Å². The van der Waals surface area contributed by atoms with Crippen LogP contribution < -0.4 is 5.32 Å². The topological polar surface area (TPSA) is 35.6 Å². The third-order valence-electron chi connectivity index (χ3n) is 4.59. The van der Waals surface area contributed by atoms with Crippen LogP contribution in [0.15, 0.2) is 18.2 Å². The van der Waals surface area contributed by atoms with Crippen molar-refractivity contribution in [3.05, 3.63) is 29.3 Å². The van der Waals surface area contributed by atoms with Gasteiger partial charge in [0.05, 0.1) is 0 Å². The fourth-order valence-corrected chi connectivity index (χ4v) is 3.39. The molecule has 1 amide bonds. The molecule has 20 heavy (non-hydrogen) atoms. The van der Waals surface area contributed by atoms with Crippen molar-refractivity contribution >= 4 is 11.6 Å². The fourth-order valence-electron chi connectivity index (χ4n) is 3.39. The minimum atomic E-state index is 0.165. The molecule has 0 aliphatic carbocycles. The van der Waals surface area contributed by atoms with Crippen molar-refractivity contribution in [2.45, 2.75) is 19.4 Å². The SMILES string of the molecule is CC1CN(C(=O)c2ccc3c(c2)NCC3)CC1N(C)C. The van der Waals surface area contributed by atoms with Crippen LogP contribution in [-0.4, -0.2) is 55.5 Å². The molecule has 0 aromatic heterocycles. The largest absolute Gasteiger partial charge is 0.384 e. The Bertz CT molecular complexity index is 526. The number of nitrogens with zero attached hydrogens (tertiary/aromatic N) is 2. The molecule has 3 rings (SSSR count). The zero-order valence-corrected chi connectivity index (χ0v) is 12.5. The van der Waals surface area contributed by atoms with Gasteiger partial charge in [-0.1, -0.05) is 13.0 Å². The first-order chi connectivity index (χ1) is 9.56. The first-order valence-corrected chi connectivity index (χ1v) is 7.39. The highest BCUT2D eigenvalue weighted by atomic mass is 16.2. The van der Waals surface area contributed by atoms with Crippen molar-refractivity contribution < 1.29 is 4.79 Å². The lowest BCUT2D eigenvalue weighted by Gasteiger charge is -2.22. The van der Waals surface area contributed by atoms with E-state index in [1.807, 2.05) is 17.0 Å². The Balaban J connectivity index is 1.77. The van der Waals surface area contributed by atoms with Crippen molar-refractivity contribution in [1.29, 1.82) is 0 Å². The highest BCUT2D eigenvalue weighted by Gasteiger charge is 2.34. The standard InChI is InChI=1S/C16H23N3O/c1-11-9-19(10-15(11)18(2)3)16(20)13-5-4-12-6-7-17-14(12)8-13/h4-5,8,11,15,17H,6-7,9-10H2,1-3H3. The van der Waals surface area contributed by atoms with Crippen molar-refractivity contribution in [1.82, 2.24) is 9.80 Å². The average molecular weight is 273 g/mol. The van der Waals surface area contributed by atoms with Crippen molar-refractivity contribution in [2.75, 3.05) is 39.0 Å². The maximum absolute atomic E-state index is 12.6. The second-order valence-corrected chi connectivity index (χ2v) is 6.27. The number of amides is 1. The molecule has 4 nitrogen and oxygen atoms in total. The monoisotopic (exact) mass is 273 g/mol. The van der Waals surface area contributed by atoms with E-state index in [1.54, 1.807) is 0 Å². The first kappa shape index (κ1) is 13.4. The molecule has 2 atom stereocenters. The van der Waals surface area contributed by atoms with Gasteiger partial charge in [0.2, 0.25) is 0 Å². The van der Waals surface area contributed by atoms with E-state index < -0.39 is 0 Å². The number of fused-ring (bicyclic) bond motifs is 1. The number of carbonyl (C=O) groups excluding carboxylic acids is 1. The third kappa shape index (κ3) is 2.29. The molecule has 1 aromatic carbocycles. The Hall–Kier alpha value is -1.55. The summed E-state index contributed by atoms with van der Waals surface area (Å²) in [5.41, 5.74) is 3.26. The molecule has 2 aliphatic heterocycles. The molecule has 1 saturated heterocycles. The average Bonchev–Trinajstić information content (AvgIpc) is 3.02. The minimum Gasteiger partial charge on any atom is -0.384 e. The van der Waals surface area contributed by atoms with Crippen LogP contribution in [-0.2, 0) is 6.42 Å². The van der Waals surface area contributed by atoms with E-state index >= 15 is 0 Å². The second-order valence-electron chi connectivity index (χ2n) is 6.27. The lowest BCUT2D eigenvalue weighted by Crippen LogP contribution is -2.35. The maximum Gasteiger partial charge on any atom is 0.253 e. The molecule has 108 valence electrons. The molecule has 2 aliphatic rings. The third-order valence-corrected chi connectivity index (χ3v) is 4.59. The number of nitrogens with one attached hydrogen (secondary N) is 1. The number of hydrogen-bond acceptors (Lipinski definition) is 3. The molecule has 1 fully saturated rings. The van der Waals surface area contributed by atoms with Gasteiger partial charge in [-0.3, -0.25) is 4.79 Å². The number of rotatable bonds is 2. The smallest absolute Gasteiger partial charge is 0.253 e. The van der Waals surface area contributed by atoms with Gasteiger partial charge in [0.25, 0.3) is 5.91 Å². The molecule has 0 bridgehead atoms. The number of anilines is 1. The minimum absolute atomic E-state index is 0.165. The molecule has 0 saturated carbocycles. The van der Waals surface area contributed by atoms with Crippen molar-refractivity contribution in [3.8, 4) is 0 Å². The van der Waals surface area contributed by atoms with Crippen LogP contribution in [0.1, 0.15) is 22.8 Å². The zero-order valence-electron chi connectivity index (χ0n) is 12.5. The van der Waals surface area contributed by atoms with E-state index in [1.165, 1.54) is 5.56 Å². The predicted octanol–water partition coefficient (Wildman–Crippen LogP) is 1.68. The van der Waals surface area contributed by atoms with Crippen LogP contribution in [0.5, 0.6) is 0 Å². The molecule has 2 heterocycles. The zero-order chi connectivity index (χ0) is 14.3. The van der Waals surface area contributed by atoms with Gasteiger partial charge < -0.3 is 15.1 Å². The maximum atomic E-state index is 12.6. The summed E-state index contributed by atoms with van der Waals surface area (Å²) in [6, 6.07) is 6.54. The Morgan fingerprint density at radius 3 is 2.85 bits per heavy atom. The van der Waals surface area contributed by atoms with Gasteiger partial charge >= 0.3 is 0 Å². The fraction of sp³-hybridized carbons (Fsp3) is 0.562. The normalized spacial score (nSPS) is 24.9. The Morgan fingerprint density at radius 1 is 1.35 bits per heavy atom. The van der Waals surface area contributed by atoms with Crippen LogP contribution >= 0.6 is 0 Å². The lowest BCUT2D eigenvalue weighted by atomic mass is 10.1. The predicted molar refractivity (Wildman–Crippen MR) is 81.2 cm³/mol. The number of hydrogen-bond donors (Lipinski definition) is 1. The second kappa shape index (κ2) is 5.09. The summed E-state index contributed by atoms with van der Waals surface area (Å²) in [4.78, 5) is 16.9. The van der Waals surface area contributed by atoms with Gasteiger partial charge in [-0.25, -0.2) is 0 Å². The van der Waals surface area contributed by atoms with Gasteiger partial charge in [-0.2, -0.15) is 0 Å². The molecule has 1 N–H and O–H groups in total. The van der Waals surface area contributed by atoms with E-state index in [0.717, 1.165) is 37.3 Å². The molecule has 1 aromatic rings. The summed E-state index contributed by atoms with van der Waals surface area (Å²) in [6.45, 7) is 4.89. The number of benzene rings is 1. The van der Waals surface area contributed by atoms with E-state index in [-0.39, 0.29) is 5.91 Å². The number of likely N-dealkylation sites (N-methyl/N-ethyl adjacent to an activating group) is 1. The van der Waals surface area contributed by atoms with Gasteiger partial charge in [0.1, 0.15) is 0 Å². The summed E-state index contributed by atoms with van der Waals surface area (Å²) < 4.78 is 0. The van der Waals surface area contributed by atoms with Gasteiger partial charge in [-0.15, -0.1) is 0 Å². The highest BCUT2D eigenvalue weighted by Crippen LogP contribution is 2.26. The Kier molecular flexibility index (Phi) is 3.42. The van der Waals surface area contributed by atoms with Crippen LogP contribution in [0.4, 0.5) is 5.69 Å². The van der Waals surface area contributed by atoms with Gasteiger partial charge in [-0.05, 0) is 44.1 Å². The van der Waals surface area contributed by atoms with Gasteiger partial charge in [0.15, 0.2) is 0 Å². The summed E-state index contributed by atoms with van der Waals surface area (Å²) in [5.74, 6) is 0.694. The van der Waals surface area contributed by atoms with Crippen molar-refractivity contribution in [3.63, 3.8) is 0 Å². The van der Waals surface area contributed by atoms with Gasteiger partial charge in [0, 0.05) is 36.9 Å². The van der Waals surface area contributed by atoms with E-state index in [2.05, 4.69) is 37.3 Å².